The first kappa shape index (κ1) is 10.7. The first-order valence-electron chi connectivity index (χ1n) is 3.21. The number of anilines is 1. The van der Waals surface area contributed by atoms with Crippen molar-refractivity contribution in [1.82, 2.24) is 0 Å². The number of nitrogens with two attached hydrogens (primary N) is 1. The third-order valence-corrected chi connectivity index (χ3v) is 2.38. The van der Waals surface area contributed by atoms with Crippen LogP contribution in [0.15, 0.2) is 16.6 Å². The molecule has 1 aromatic carbocycles. The highest BCUT2D eigenvalue weighted by Crippen LogP contribution is 2.29. The van der Waals surface area contributed by atoms with Crippen LogP contribution in [-0.2, 0) is 0 Å². The number of hydrogen-bond acceptors (Lipinski definition) is 1. The molecule has 70 valence electrons. The van der Waals surface area contributed by atoms with Gasteiger partial charge in [0, 0.05) is 5.02 Å². The Labute approximate surface area is 93.4 Å². The molecule has 0 heterocycles. The molecule has 2 nitrogen and oxygen atoms in total. The van der Waals surface area contributed by atoms with Gasteiger partial charge in [-0.3, -0.25) is 0 Å². The summed E-state index contributed by atoms with van der Waals surface area (Å²) >= 11 is 13.3. The lowest BCUT2D eigenvalue weighted by Crippen LogP contribution is -2.19. The minimum absolute atomic E-state index is 0.0577. The summed E-state index contributed by atoms with van der Waals surface area (Å²) in [6, 6.07) is 2.71. The second-order valence-electron chi connectivity index (χ2n) is 2.24. The van der Waals surface area contributed by atoms with E-state index in [1.54, 1.807) is 0 Å². The van der Waals surface area contributed by atoms with E-state index in [1.165, 1.54) is 12.1 Å². The summed E-state index contributed by atoms with van der Waals surface area (Å²) in [6.07, 6.45) is 0. The fourth-order valence-corrected chi connectivity index (χ4v) is 1.42. The van der Waals surface area contributed by atoms with Crippen molar-refractivity contribution in [2.24, 2.45) is 5.73 Å². The smallest absolute Gasteiger partial charge is 0.168 e. The van der Waals surface area contributed by atoms with E-state index in [2.05, 4.69) is 33.5 Å². The molecule has 13 heavy (non-hydrogen) atoms. The monoisotopic (exact) mass is 282 g/mol. The normalized spacial score (nSPS) is 9.77. The predicted molar refractivity (Wildman–Crippen MR) is 59.5 cm³/mol. The van der Waals surface area contributed by atoms with Gasteiger partial charge in [-0.2, -0.15) is 0 Å². The van der Waals surface area contributed by atoms with Crippen molar-refractivity contribution in [3.05, 3.63) is 27.4 Å². The van der Waals surface area contributed by atoms with Gasteiger partial charge < -0.3 is 11.1 Å². The van der Waals surface area contributed by atoms with E-state index >= 15 is 0 Å². The van der Waals surface area contributed by atoms with E-state index in [4.69, 9.17) is 17.3 Å². The van der Waals surface area contributed by atoms with Crippen LogP contribution in [0, 0.1) is 5.82 Å². The minimum Gasteiger partial charge on any atom is -0.376 e. The highest BCUT2D eigenvalue weighted by atomic mass is 79.9. The summed E-state index contributed by atoms with van der Waals surface area (Å²) in [5, 5.41) is 2.93. The van der Waals surface area contributed by atoms with Crippen molar-refractivity contribution in [2.75, 3.05) is 5.32 Å². The van der Waals surface area contributed by atoms with Crippen LogP contribution in [-0.4, -0.2) is 5.11 Å². The van der Waals surface area contributed by atoms with E-state index in [0.717, 1.165) is 0 Å². The lowest BCUT2D eigenvalue weighted by atomic mass is 10.3. The maximum absolute atomic E-state index is 13.0. The van der Waals surface area contributed by atoms with Crippen LogP contribution in [0.4, 0.5) is 10.1 Å². The highest BCUT2D eigenvalue weighted by molar-refractivity contribution is 9.10. The van der Waals surface area contributed by atoms with E-state index < -0.39 is 5.82 Å². The molecule has 3 N–H and O–H groups in total. The zero-order chi connectivity index (χ0) is 10.0. The van der Waals surface area contributed by atoms with Crippen molar-refractivity contribution in [3.8, 4) is 0 Å². The third kappa shape index (κ3) is 2.79. The number of nitrogens with one attached hydrogen (secondary N) is 1. The van der Waals surface area contributed by atoms with Gasteiger partial charge in [0.2, 0.25) is 0 Å². The molecule has 0 spiro atoms. The second kappa shape index (κ2) is 4.21. The lowest BCUT2D eigenvalue weighted by Gasteiger charge is -2.07. The standard InChI is InChI=1S/C7H5BrClFN2S/c8-6-4(10)1-3(9)2-5(6)12-7(11)13/h1-2H,(H3,11,12,13). The van der Waals surface area contributed by atoms with E-state index in [-0.39, 0.29) is 14.6 Å². The molecule has 0 saturated heterocycles. The van der Waals surface area contributed by atoms with Crippen LogP contribution >= 0.6 is 39.7 Å². The van der Waals surface area contributed by atoms with Gasteiger partial charge >= 0.3 is 0 Å². The van der Waals surface area contributed by atoms with Crippen molar-refractivity contribution >= 4 is 50.5 Å². The Bertz CT molecular complexity index is 359. The Hall–Kier alpha value is -0.390. The summed E-state index contributed by atoms with van der Waals surface area (Å²) in [5.41, 5.74) is 5.64. The van der Waals surface area contributed by atoms with Crippen LogP contribution in [0.5, 0.6) is 0 Å². The van der Waals surface area contributed by atoms with Crippen molar-refractivity contribution in [1.29, 1.82) is 0 Å². The summed E-state index contributed by atoms with van der Waals surface area (Å²) in [7, 11) is 0. The Morgan fingerprint density at radius 3 is 2.77 bits per heavy atom. The van der Waals surface area contributed by atoms with Crippen LogP contribution in [0.1, 0.15) is 0 Å². The first-order valence-corrected chi connectivity index (χ1v) is 4.79. The molecule has 0 unspecified atom stereocenters. The number of thiocarbonyl (C=S) groups is 1. The summed E-state index contributed by atoms with van der Waals surface area (Å²) < 4.78 is 13.3. The van der Waals surface area contributed by atoms with Gasteiger partial charge in [0.15, 0.2) is 5.11 Å². The molecule has 0 radical (unpaired) electrons. The largest absolute Gasteiger partial charge is 0.376 e. The molecular formula is C7H5BrClFN2S. The molecule has 1 aromatic rings. The molecule has 1 rings (SSSR count). The Morgan fingerprint density at radius 1 is 1.62 bits per heavy atom. The van der Waals surface area contributed by atoms with Crippen molar-refractivity contribution in [2.45, 2.75) is 0 Å². The minimum atomic E-state index is -0.466. The van der Waals surface area contributed by atoms with E-state index in [0.29, 0.717) is 5.69 Å². The van der Waals surface area contributed by atoms with Crippen molar-refractivity contribution in [3.63, 3.8) is 0 Å². The quantitative estimate of drug-likeness (QED) is 0.615. The Balaban J connectivity index is 3.12. The topological polar surface area (TPSA) is 38.0 Å². The molecule has 0 fully saturated rings. The molecule has 0 amide bonds. The Morgan fingerprint density at radius 2 is 2.23 bits per heavy atom. The van der Waals surface area contributed by atoms with Crippen LogP contribution < -0.4 is 11.1 Å². The summed E-state index contributed by atoms with van der Waals surface area (Å²) in [4.78, 5) is 0. The van der Waals surface area contributed by atoms with Crippen LogP contribution in [0.3, 0.4) is 0 Å². The highest BCUT2D eigenvalue weighted by Gasteiger charge is 2.07. The number of benzene rings is 1. The zero-order valence-corrected chi connectivity index (χ0v) is 9.43. The third-order valence-electron chi connectivity index (χ3n) is 1.25. The molecule has 0 aliphatic heterocycles. The van der Waals surface area contributed by atoms with E-state index in [9.17, 15) is 4.39 Å². The second-order valence-corrected chi connectivity index (χ2v) is 3.91. The number of hydrogen-bond donors (Lipinski definition) is 2. The fraction of sp³-hybridized carbons (Fsp3) is 0. The molecule has 0 aliphatic rings. The van der Waals surface area contributed by atoms with Gasteiger partial charge in [-0.15, -0.1) is 0 Å². The number of halogens is 3. The average Bonchev–Trinajstić information content (AvgIpc) is 1.98. The fourth-order valence-electron chi connectivity index (χ4n) is 0.780. The maximum atomic E-state index is 13.0. The van der Waals surface area contributed by atoms with Crippen LogP contribution in [0.25, 0.3) is 0 Å². The maximum Gasteiger partial charge on any atom is 0.168 e. The zero-order valence-electron chi connectivity index (χ0n) is 6.27. The molecular weight excluding hydrogens is 279 g/mol. The van der Waals surface area contributed by atoms with Gasteiger partial charge in [0.05, 0.1) is 10.2 Å². The molecule has 0 aromatic heterocycles. The lowest BCUT2D eigenvalue weighted by molar-refractivity contribution is 0.622. The van der Waals surface area contributed by atoms with E-state index in [1.807, 2.05) is 0 Å². The van der Waals surface area contributed by atoms with Crippen molar-refractivity contribution < 1.29 is 4.39 Å². The van der Waals surface area contributed by atoms with Gasteiger partial charge in [0.25, 0.3) is 0 Å². The molecule has 0 saturated carbocycles. The average molecular weight is 284 g/mol. The predicted octanol–water partition coefficient (Wildman–Crippen LogP) is 2.90. The van der Waals surface area contributed by atoms with Crippen LogP contribution in [0.2, 0.25) is 5.02 Å². The van der Waals surface area contributed by atoms with Gasteiger partial charge in [0.1, 0.15) is 5.82 Å². The molecule has 0 bridgehead atoms. The first-order chi connectivity index (χ1) is 6.00. The summed E-state index contributed by atoms with van der Waals surface area (Å²) in [6.45, 7) is 0. The SMILES string of the molecule is NC(=S)Nc1cc(Cl)cc(F)c1Br. The molecule has 0 atom stereocenters. The Kier molecular flexibility index (Phi) is 3.47. The summed E-state index contributed by atoms with van der Waals surface area (Å²) in [5.74, 6) is -0.466. The van der Waals surface area contributed by atoms with Gasteiger partial charge in [-0.1, -0.05) is 11.6 Å². The van der Waals surface area contributed by atoms with Gasteiger partial charge in [-0.25, -0.2) is 4.39 Å². The molecule has 0 aliphatic carbocycles. The molecule has 6 heteroatoms. The van der Waals surface area contributed by atoms with Gasteiger partial charge in [-0.05, 0) is 40.3 Å². The number of rotatable bonds is 1.